The lowest BCUT2D eigenvalue weighted by atomic mass is 10.1. The monoisotopic (exact) mass is 277 g/mol. The van der Waals surface area contributed by atoms with E-state index < -0.39 is 0 Å². The highest BCUT2D eigenvalue weighted by Gasteiger charge is 2.08. The molecule has 0 saturated heterocycles. The van der Waals surface area contributed by atoms with Gasteiger partial charge in [0.05, 0.1) is 11.0 Å². The maximum Gasteiger partial charge on any atom is 0.251 e. The molecule has 1 aromatic carbocycles. The van der Waals surface area contributed by atoms with Crippen molar-refractivity contribution in [3.8, 4) is 0 Å². The highest BCUT2D eigenvalue weighted by molar-refractivity contribution is 6.20. The normalized spacial score (nSPS) is 12.3. The van der Waals surface area contributed by atoms with Crippen LogP contribution in [0, 0.1) is 0 Å². The Bertz CT molecular complexity index is 573. The van der Waals surface area contributed by atoms with E-state index >= 15 is 0 Å². The van der Waals surface area contributed by atoms with Crippen molar-refractivity contribution in [3.05, 3.63) is 36.2 Å². The number of aromatic nitrogens is 2. The van der Waals surface area contributed by atoms with Gasteiger partial charge in [-0.1, -0.05) is 6.92 Å². The molecule has 19 heavy (non-hydrogen) atoms. The third kappa shape index (κ3) is 3.64. The highest BCUT2D eigenvalue weighted by atomic mass is 35.5. The van der Waals surface area contributed by atoms with Crippen LogP contribution in [0.2, 0.25) is 0 Å². The van der Waals surface area contributed by atoms with E-state index in [0.29, 0.717) is 12.1 Å². The molecule has 1 heterocycles. The van der Waals surface area contributed by atoms with Crippen LogP contribution in [-0.2, 0) is 0 Å². The summed E-state index contributed by atoms with van der Waals surface area (Å²) in [5, 5.41) is 2.97. The summed E-state index contributed by atoms with van der Waals surface area (Å²) in [6.07, 6.45) is 4.93. The lowest BCUT2D eigenvalue weighted by Gasteiger charge is -2.08. The topological polar surface area (TPSA) is 54.9 Å². The van der Waals surface area contributed by atoms with Gasteiger partial charge in [-0.05, 0) is 31.0 Å². The van der Waals surface area contributed by atoms with Crippen molar-refractivity contribution >= 4 is 28.5 Å². The van der Waals surface area contributed by atoms with Crippen LogP contribution in [0.4, 0.5) is 0 Å². The zero-order valence-corrected chi connectivity index (χ0v) is 11.5. The lowest BCUT2D eigenvalue weighted by Crippen LogP contribution is -2.26. The fourth-order valence-corrected chi connectivity index (χ4v) is 1.86. The number of rotatable bonds is 5. The summed E-state index contributed by atoms with van der Waals surface area (Å²) in [6, 6.07) is 5.30. The van der Waals surface area contributed by atoms with Crippen molar-refractivity contribution in [2.75, 3.05) is 6.54 Å². The maximum atomic E-state index is 12.0. The molecule has 0 bridgehead atoms. The van der Waals surface area contributed by atoms with E-state index in [-0.39, 0.29) is 11.3 Å². The molecule has 4 nitrogen and oxygen atoms in total. The van der Waals surface area contributed by atoms with Gasteiger partial charge in [-0.15, -0.1) is 11.6 Å². The third-order valence-corrected chi connectivity index (χ3v) is 3.44. The molecule has 0 spiro atoms. The van der Waals surface area contributed by atoms with Crippen molar-refractivity contribution in [2.24, 2.45) is 0 Å². The van der Waals surface area contributed by atoms with Gasteiger partial charge < -0.3 is 5.32 Å². The standard InChI is InChI=1S/C14H16ClN3O/c1-2-11(15)5-6-18-14(19)10-3-4-12-13(9-10)17-8-7-16-12/h3-4,7-9,11H,2,5-6H2,1H3,(H,18,19). The molecule has 1 atom stereocenters. The van der Waals surface area contributed by atoms with Crippen LogP contribution in [0.15, 0.2) is 30.6 Å². The van der Waals surface area contributed by atoms with Gasteiger partial charge in [-0.3, -0.25) is 14.8 Å². The quantitative estimate of drug-likeness (QED) is 0.855. The van der Waals surface area contributed by atoms with E-state index in [1.165, 1.54) is 0 Å². The number of amides is 1. The van der Waals surface area contributed by atoms with Gasteiger partial charge in [-0.25, -0.2) is 0 Å². The van der Waals surface area contributed by atoms with Crippen LogP contribution in [-0.4, -0.2) is 27.8 Å². The smallest absolute Gasteiger partial charge is 0.251 e. The first-order chi connectivity index (χ1) is 9.20. The molecular weight excluding hydrogens is 262 g/mol. The summed E-state index contributed by atoms with van der Waals surface area (Å²) in [5.74, 6) is -0.104. The Morgan fingerprint density at radius 2 is 2.05 bits per heavy atom. The van der Waals surface area contributed by atoms with E-state index in [2.05, 4.69) is 15.3 Å². The Labute approximate surface area is 117 Å². The minimum absolute atomic E-state index is 0.104. The molecular formula is C14H16ClN3O. The lowest BCUT2D eigenvalue weighted by molar-refractivity contribution is 0.0953. The third-order valence-electron chi connectivity index (χ3n) is 2.92. The number of benzene rings is 1. The fraction of sp³-hybridized carbons (Fsp3) is 0.357. The minimum atomic E-state index is -0.104. The summed E-state index contributed by atoms with van der Waals surface area (Å²) >= 11 is 6.00. The maximum absolute atomic E-state index is 12.0. The second kappa shape index (κ2) is 6.48. The number of carbonyl (C=O) groups excluding carboxylic acids is 1. The highest BCUT2D eigenvalue weighted by Crippen LogP contribution is 2.11. The summed E-state index contributed by atoms with van der Waals surface area (Å²) in [5.41, 5.74) is 2.10. The van der Waals surface area contributed by atoms with Crippen LogP contribution >= 0.6 is 11.6 Å². The molecule has 2 rings (SSSR count). The van der Waals surface area contributed by atoms with E-state index in [9.17, 15) is 4.79 Å². The average Bonchev–Trinajstić information content (AvgIpc) is 2.46. The van der Waals surface area contributed by atoms with Gasteiger partial charge in [0.2, 0.25) is 0 Å². The predicted molar refractivity (Wildman–Crippen MR) is 76.4 cm³/mol. The number of nitrogens with one attached hydrogen (secondary N) is 1. The van der Waals surface area contributed by atoms with Gasteiger partial charge in [0, 0.05) is 29.9 Å². The second-order valence-corrected chi connectivity index (χ2v) is 4.93. The molecule has 100 valence electrons. The van der Waals surface area contributed by atoms with E-state index in [1.807, 2.05) is 6.92 Å². The number of alkyl halides is 1. The van der Waals surface area contributed by atoms with Crippen LogP contribution in [0.25, 0.3) is 11.0 Å². The van der Waals surface area contributed by atoms with Crippen LogP contribution in [0.5, 0.6) is 0 Å². The van der Waals surface area contributed by atoms with Crippen molar-refractivity contribution in [3.63, 3.8) is 0 Å². The summed E-state index contributed by atoms with van der Waals surface area (Å²) in [4.78, 5) is 20.3. The first-order valence-electron chi connectivity index (χ1n) is 6.33. The average molecular weight is 278 g/mol. The predicted octanol–water partition coefficient (Wildman–Crippen LogP) is 2.77. The van der Waals surface area contributed by atoms with Crippen molar-refractivity contribution in [1.29, 1.82) is 0 Å². The molecule has 1 N–H and O–H groups in total. The number of carbonyl (C=O) groups is 1. The van der Waals surface area contributed by atoms with Crippen molar-refractivity contribution in [2.45, 2.75) is 25.1 Å². The van der Waals surface area contributed by atoms with Crippen LogP contribution in [0.1, 0.15) is 30.1 Å². The molecule has 0 aliphatic heterocycles. The van der Waals surface area contributed by atoms with E-state index in [0.717, 1.165) is 23.9 Å². The van der Waals surface area contributed by atoms with Crippen LogP contribution in [0.3, 0.4) is 0 Å². The molecule has 2 aromatic rings. The first kappa shape index (κ1) is 13.7. The van der Waals surface area contributed by atoms with Crippen molar-refractivity contribution < 1.29 is 4.79 Å². The first-order valence-corrected chi connectivity index (χ1v) is 6.77. The molecule has 1 unspecified atom stereocenters. The molecule has 5 heteroatoms. The largest absolute Gasteiger partial charge is 0.352 e. The minimum Gasteiger partial charge on any atom is -0.352 e. The Balaban J connectivity index is 2.01. The zero-order valence-electron chi connectivity index (χ0n) is 10.8. The Hall–Kier alpha value is -1.68. The Morgan fingerprint density at radius 1 is 1.32 bits per heavy atom. The Kier molecular flexibility index (Phi) is 4.68. The van der Waals surface area contributed by atoms with E-state index in [4.69, 9.17) is 11.6 Å². The van der Waals surface area contributed by atoms with Gasteiger partial charge >= 0.3 is 0 Å². The number of hydrogen-bond acceptors (Lipinski definition) is 3. The number of fused-ring (bicyclic) bond motifs is 1. The van der Waals surface area contributed by atoms with Gasteiger partial charge in [0.1, 0.15) is 0 Å². The SMILES string of the molecule is CCC(Cl)CCNC(=O)c1ccc2nccnc2c1. The van der Waals surface area contributed by atoms with Crippen LogP contribution < -0.4 is 5.32 Å². The molecule has 1 aromatic heterocycles. The van der Waals surface area contributed by atoms with Gasteiger partial charge in [0.25, 0.3) is 5.91 Å². The summed E-state index contributed by atoms with van der Waals surface area (Å²) in [6.45, 7) is 2.61. The fourth-order valence-electron chi connectivity index (χ4n) is 1.75. The molecule has 0 aliphatic rings. The molecule has 0 saturated carbocycles. The molecule has 0 aliphatic carbocycles. The number of halogens is 1. The summed E-state index contributed by atoms with van der Waals surface area (Å²) in [7, 11) is 0. The van der Waals surface area contributed by atoms with Gasteiger partial charge in [-0.2, -0.15) is 0 Å². The Morgan fingerprint density at radius 3 is 2.79 bits per heavy atom. The number of nitrogens with zero attached hydrogens (tertiary/aromatic N) is 2. The van der Waals surface area contributed by atoms with Crippen molar-refractivity contribution in [1.82, 2.24) is 15.3 Å². The number of hydrogen-bond donors (Lipinski definition) is 1. The zero-order chi connectivity index (χ0) is 13.7. The molecule has 0 radical (unpaired) electrons. The second-order valence-electron chi connectivity index (χ2n) is 4.31. The van der Waals surface area contributed by atoms with Gasteiger partial charge in [0.15, 0.2) is 0 Å². The summed E-state index contributed by atoms with van der Waals surface area (Å²) < 4.78 is 0. The molecule has 0 fully saturated rings. The molecule has 1 amide bonds. The van der Waals surface area contributed by atoms with E-state index in [1.54, 1.807) is 30.6 Å².